The van der Waals surface area contributed by atoms with Crippen LogP contribution < -0.4 is 10.5 Å². The second kappa shape index (κ2) is 6.03. The molecule has 0 amide bonds. The quantitative estimate of drug-likeness (QED) is 0.386. The Balaban J connectivity index is 2.51. The van der Waals surface area contributed by atoms with Crippen LogP contribution in [0.1, 0.15) is 11.1 Å². The number of aryl methyl sites for hydroxylation is 1. The first kappa shape index (κ1) is 14.5. The molecule has 2 rings (SSSR count). The second-order valence-electron chi connectivity index (χ2n) is 4.09. The van der Waals surface area contributed by atoms with E-state index < -0.39 is 0 Å². The van der Waals surface area contributed by atoms with Gasteiger partial charge in [0.2, 0.25) is 0 Å². The van der Waals surface area contributed by atoms with Crippen molar-refractivity contribution in [3.63, 3.8) is 0 Å². The molecular formula is C14H12Cl2N2O2. The molecule has 2 aromatic rings. The van der Waals surface area contributed by atoms with Crippen molar-refractivity contribution in [3.05, 3.63) is 57.6 Å². The summed E-state index contributed by atoms with van der Waals surface area (Å²) in [7, 11) is 0. The van der Waals surface area contributed by atoms with Gasteiger partial charge < -0.3 is 15.7 Å². The van der Waals surface area contributed by atoms with Crippen molar-refractivity contribution < 1.29 is 9.94 Å². The van der Waals surface area contributed by atoms with E-state index in [0.29, 0.717) is 27.1 Å². The normalized spacial score (nSPS) is 11.4. The minimum absolute atomic E-state index is 0.0400. The van der Waals surface area contributed by atoms with Crippen LogP contribution in [0.25, 0.3) is 0 Å². The number of rotatable bonds is 3. The molecule has 20 heavy (non-hydrogen) atoms. The first-order chi connectivity index (χ1) is 9.54. The second-order valence-corrected chi connectivity index (χ2v) is 4.88. The van der Waals surface area contributed by atoms with E-state index in [1.807, 2.05) is 13.0 Å². The molecule has 4 nitrogen and oxygen atoms in total. The third-order valence-corrected chi connectivity index (χ3v) is 3.53. The van der Waals surface area contributed by atoms with E-state index in [9.17, 15) is 0 Å². The number of halogens is 2. The van der Waals surface area contributed by atoms with Gasteiger partial charge in [-0.15, -0.1) is 0 Å². The van der Waals surface area contributed by atoms with Crippen molar-refractivity contribution in [2.75, 3.05) is 0 Å². The zero-order chi connectivity index (χ0) is 14.7. The number of benzene rings is 2. The average Bonchev–Trinajstić information content (AvgIpc) is 2.45. The summed E-state index contributed by atoms with van der Waals surface area (Å²) in [6.07, 6.45) is 0. The number of hydrogen-bond acceptors (Lipinski definition) is 3. The molecule has 0 unspecified atom stereocenters. The lowest BCUT2D eigenvalue weighted by atomic mass is 10.1. The van der Waals surface area contributed by atoms with Crippen LogP contribution in [0.4, 0.5) is 0 Å². The fourth-order valence-corrected chi connectivity index (χ4v) is 2.05. The van der Waals surface area contributed by atoms with E-state index in [4.69, 9.17) is 38.9 Å². The van der Waals surface area contributed by atoms with Crippen LogP contribution in [0.5, 0.6) is 11.5 Å². The first-order valence-corrected chi connectivity index (χ1v) is 6.49. The molecule has 0 atom stereocenters. The molecule has 2 aromatic carbocycles. The molecule has 3 N–H and O–H groups in total. The van der Waals surface area contributed by atoms with Crippen molar-refractivity contribution in [1.29, 1.82) is 0 Å². The first-order valence-electron chi connectivity index (χ1n) is 5.74. The Morgan fingerprint density at radius 3 is 2.60 bits per heavy atom. The van der Waals surface area contributed by atoms with E-state index in [0.717, 1.165) is 5.56 Å². The van der Waals surface area contributed by atoms with Gasteiger partial charge in [-0.05, 0) is 30.7 Å². The molecule has 0 fully saturated rings. The van der Waals surface area contributed by atoms with Gasteiger partial charge in [-0.25, -0.2) is 0 Å². The Hall–Kier alpha value is -1.91. The fraction of sp³-hybridized carbons (Fsp3) is 0.0714. The van der Waals surface area contributed by atoms with Gasteiger partial charge in [0, 0.05) is 0 Å². The van der Waals surface area contributed by atoms with Gasteiger partial charge in [-0.3, -0.25) is 0 Å². The van der Waals surface area contributed by atoms with E-state index in [2.05, 4.69) is 5.16 Å². The average molecular weight is 311 g/mol. The highest BCUT2D eigenvalue weighted by Gasteiger charge is 2.14. The summed E-state index contributed by atoms with van der Waals surface area (Å²) < 4.78 is 5.79. The van der Waals surface area contributed by atoms with Gasteiger partial charge in [-0.1, -0.05) is 46.6 Å². The zero-order valence-corrected chi connectivity index (χ0v) is 12.1. The highest BCUT2D eigenvalue weighted by molar-refractivity contribution is 6.42. The van der Waals surface area contributed by atoms with Crippen molar-refractivity contribution in [2.45, 2.75) is 6.92 Å². The summed E-state index contributed by atoms with van der Waals surface area (Å²) in [5.74, 6) is 0.828. The van der Waals surface area contributed by atoms with Gasteiger partial charge in [0.15, 0.2) is 5.84 Å². The standard InChI is InChI=1S/C14H12Cl2N2O2/c1-8-4-2-5-9(14(17)18-19)13(8)20-11-7-3-6-10(15)12(11)16/h2-7,19H,1H3,(H2,17,18). The van der Waals surface area contributed by atoms with Gasteiger partial charge in [-0.2, -0.15) is 0 Å². The van der Waals surface area contributed by atoms with Crippen molar-refractivity contribution in [1.82, 2.24) is 0 Å². The fourth-order valence-electron chi connectivity index (χ4n) is 1.72. The predicted octanol–water partition coefficient (Wildman–Crippen LogP) is 4.19. The number of hydrogen-bond donors (Lipinski definition) is 2. The van der Waals surface area contributed by atoms with Gasteiger partial charge >= 0.3 is 0 Å². The molecule has 0 aliphatic rings. The maximum Gasteiger partial charge on any atom is 0.173 e. The molecule has 0 aliphatic carbocycles. The monoisotopic (exact) mass is 310 g/mol. The smallest absolute Gasteiger partial charge is 0.173 e. The predicted molar refractivity (Wildman–Crippen MR) is 80.2 cm³/mol. The summed E-state index contributed by atoms with van der Waals surface area (Å²) in [5.41, 5.74) is 6.95. The molecule has 0 heterocycles. The highest BCUT2D eigenvalue weighted by atomic mass is 35.5. The molecule has 0 saturated carbocycles. The lowest BCUT2D eigenvalue weighted by Crippen LogP contribution is -2.14. The number of amidine groups is 1. The van der Waals surface area contributed by atoms with Crippen LogP contribution in [0, 0.1) is 6.92 Å². The molecule has 0 aliphatic heterocycles. The number of ether oxygens (including phenoxy) is 1. The zero-order valence-electron chi connectivity index (χ0n) is 10.6. The maximum atomic E-state index is 8.83. The Kier molecular flexibility index (Phi) is 4.37. The Labute approximate surface area is 126 Å². The van der Waals surface area contributed by atoms with Crippen LogP contribution >= 0.6 is 23.2 Å². The lowest BCUT2D eigenvalue weighted by Gasteiger charge is -2.14. The van der Waals surface area contributed by atoms with Gasteiger partial charge in [0.25, 0.3) is 0 Å². The molecular weight excluding hydrogens is 299 g/mol. The van der Waals surface area contributed by atoms with E-state index in [-0.39, 0.29) is 5.84 Å². The number of nitrogens with two attached hydrogens (primary N) is 1. The van der Waals surface area contributed by atoms with Crippen LogP contribution in [-0.4, -0.2) is 11.0 Å². The van der Waals surface area contributed by atoms with Gasteiger partial charge in [0.05, 0.1) is 10.6 Å². The van der Waals surface area contributed by atoms with Crippen molar-refractivity contribution in [2.24, 2.45) is 10.9 Å². The van der Waals surface area contributed by atoms with Crippen molar-refractivity contribution >= 4 is 29.0 Å². The lowest BCUT2D eigenvalue weighted by molar-refractivity contribution is 0.318. The Morgan fingerprint density at radius 1 is 1.20 bits per heavy atom. The maximum absolute atomic E-state index is 8.83. The third kappa shape index (κ3) is 2.81. The van der Waals surface area contributed by atoms with Crippen LogP contribution in [0.15, 0.2) is 41.6 Å². The molecule has 0 aromatic heterocycles. The third-order valence-electron chi connectivity index (χ3n) is 2.72. The number of oxime groups is 1. The highest BCUT2D eigenvalue weighted by Crippen LogP contribution is 2.36. The molecule has 0 bridgehead atoms. The van der Waals surface area contributed by atoms with Crippen LogP contribution in [0.3, 0.4) is 0 Å². The minimum Gasteiger partial charge on any atom is -0.455 e. The van der Waals surface area contributed by atoms with E-state index in [1.54, 1.807) is 30.3 Å². The summed E-state index contributed by atoms with van der Waals surface area (Å²) >= 11 is 12.0. The van der Waals surface area contributed by atoms with E-state index in [1.165, 1.54) is 0 Å². The topological polar surface area (TPSA) is 67.8 Å². The summed E-state index contributed by atoms with van der Waals surface area (Å²) in [6, 6.07) is 10.4. The number of para-hydroxylation sites is 1. The van der Waals surface area contributed by atoms with Crippen LogP contribution in [0.2, 0.25) is 10.0 Å². The Morgan fingerprint density at radius 2 is 1.90 bits per heavy atom. The molecule has 0 spiro atoms. The van der Waals surface area contributed by atoms with Crippen molar-refractivity contribution in [3.8, 4) is 11.5 Å². The molecule has 0 saturated heterocycles. The largest absolute Gasteiger partial charge is 0.455 e. The minimum atomic E-state index is -0.0400. The summed E-state index contributed by atoms with van der Waals surface area (Å²) in [5, 5.41) is 12.5. The molecule has 6 heteroatoms. The SMILES string of the molecule is Cc1cccc(/C(N)=N/O)c1Oc1cccc(Cl)c1Cl. The molecule has 0 radical (unpaired) electrons. The Bertz CT molecular complexity index is 672. The summed E-state index contributed by atoms with van der Waals surface area (Å²) in [6.45, 7) is 1.85. The summed E-state index contributed by atoms with van der Waals surface area (Å²) in [4.78, 5) is 0. The van der Waals surface area contributed by atoms with E-state index >= 15 is 0 Å². The molecule has 104 valence electrons. The van der Waals surface area contributed by atoms with Crippen LogP contribution in [-0.2, 0) is 0 Å². The number of nitrogens with zero attached hydrogens (tertiary/aromatic N) is 1. The van der Waals surface area contributed by atoms with Gasteiger partial charge in [0.1, 0.15) is 16.5 Å².